The number of rotatable bonds is 18. The fraction of sp³-hybridized carbons (Fsp3) is 0.714. The van der Waals surface area contributed by atoms with Crippen LogP contribution in [0.4, 0.5) is 51.3 Å². The molecule has 1 heterocycles. The fourth-order valence-electron chi connectivity index (χ4n) is 5.21. The summed E-state index contributed by atoms with van der Waals surface area (Å²) in [7, 11) is -11.0. The van der Waals surface area contributed by atoms with Crippen LogP contribution < -0.4 is 8.61 Å². The number of urea groups is 1. The molecule has 21 heteroatoms. The summed E-state index contributed by atoms with van der Waals surface area (Å²) in [6.45, 7) is 2.89. The Bertz CT molecular complexity index is 1570. The minimum Gasteiger partial charge on any atom is -0.310 e. The second-order valence-corrected chi connectivity index (χ2v) is 17.8. The molecule has 10 nitrogen and oxygen atoms in total. The molecule has 282 valence electrons. The second kappa shape index (κ2) is 15.8. The zero-order valence-electron chi connectivity index (χ0n) is 27.2. The number of amides is 3. The van der Waals surface area contributed by atoms with Gasteiger partial charge in [0.05, 0.1) is 29.4 Å². The summed E-state index contributed by atoms with van der Waals surface area (Å²) in [4.78, 5) is 28.3. The molecule has 1 fully saturated rings. The van der Waals surface area contributed by atoms with Crippen LogP contribution in [0.1, 0.15) is 77.2 Å². The van der Waals surface area contributed by atoms with Gasteiger partial charge in [-0.2, -0.15) is 38.8 Å². The predicted molar refractivity (Wildman–Crippen MR) is 168 cm³/mol. The van der Waals surface area contributed by atoms with Gasteiger partial charge in [0.2, 0.25) is 20.0 Å². The Morgan fingerprint density at radius 1 is 0.776 bits per heavy atom. The number of sulfonamides is 2. The summed E-state index contributed by atoms with van der Waals surface area (Å²) in [6.07, 6.45) is -7.71. The molecule has 1 aliphatic heterocycles. The first-order chi connectivity index (χ1) is 22.1. The molecule has 1 aromatic carbocycles. The van der Waals surface area contributed by atoms with E-state index in [0.29, 0.717) is 61.6 Å². The van der Waals surface area contributed by atoms with Crippen molar-refractivity contribution in [1.29, 1.82) is 0 Å². The van der Waals surface area contributed by atoms with E-state index >= 15 is 0 Å². The largest absolute Gasteiger partial charge is 0.453 e. The minimum atomic E-state index is -5.64. The van der Waals surface area contributed by atoms with E-state index in [2.05, 4.69) is 0 Å². The number of halogens is 8. The number of unbranched alkanes of at least 4 members (excludes halogenated alkanes) is 6. The zero-order valence-corrected chi connectivity index (χ0v) is 29.6. The van der Waals surface area contributed by atoms with Gasteiger partial charge >= 0.3 is 24.3 Å². The molecule has 0 bridgehead atoms. The molecule has 1 atom stereocenters. The molecule has 3 amide bonds. The number of benzene rings is 1. The summed E-state index contributed by atoms with van der Waals surface area (Å²) < 4.78 is 165. The van der Waals surface area contributed by atoms with Crippen LogP contribution in [-0.2, 0) is 41.8 Å². The van der Waals surface area contributed by atoms with E-state index in [1.54, 1.807) is 0 Å². The molecule has 0 N–H and O–H groups in total. The Labute approximate surface area is 282 Å². The number of carbonyl (C=O) groups is 2. The van der Waals surface area contributed by atoms with Crippen LogP contribution in [0.25, 0.3) is 0 Å². The smallest absolute Gasteiger partial charge is 0.310 e. The third-order valence-corrected chi connectivity index (χ3v) is 12.4. The maximum absolute atomic E-state index is 14.1. The highest BCUT2D eigenvalue weighted by atomic mass is 32.3. The van der Waals surface area contributed by atoms with Gasteiger partial charge in [0.25, 0.3) is 5.91 Å². The van der Waals surface area contributed by atoms with Gasteiger partial charge in [-0.05, 0) is 51.3 Å². The zero-order chi connectivity index (χ0) is 37.8. The highest BCUT2D eigenvalue weighted by molar-refractivity contribution is 8.09. The molecule has 1 aromatic rings. The van der Waals surface area contributed by atoms with Crippen LogP contribution in [-0.4, -0.2) is 86.1 Å². The molecule has 0 radical (unpaired) electrons. The third-order valence-electron chi connectivity index (χ3n) is 7.70. The standard InChI is InChI=1S/C28H39F8N3O7S3/c1-25(2)23(40)38(20-13-14-22(21(19-20)27(31,32)33)39(48(3,43)44)49(4,45)46)24(41)37(25)16-10-8-6-5-7-9-11-17-47(42)18-12-15-26(29,30)28(34,35)36/h13-14,19H,5-12,15-18H2,1-4H3. The molecule has 0 aromatic heterocycles. The van der Waals surface area contributed by atoms with Gasteiger partial charge < -0.3 is 4.90 Å². The fourth-order valence-corrected chi connectivity index (χ4v) is 9.40. The van der Waals surface area contributed by atoms with E-state index in [0.717, 1.165) is 18.9 Å². The number of hydrogen-bond donors (Lipinski definition) is 0. The lowest BCUT2D eigenvalue weighted by Gasteiger charge is -2.27. The van der Waals surface area contributed by atoms with Gasteiger partial charge in [-0.25, -0.2) is 26.5 Å². The first kappa shape index (κ1) is 42.6. The Kier molecular flexibility index (Phi) is 13.7. The van der Waals surface area contributed by atoms with Gasteiger partial charge in [-0.1, -0.05) is 32.1 Å². The summed E-state index contributed by atoms with van der Waals surface area (Å²) in [5.41, 5.74) is -4.92. The highest BCUT2D eigenvalue weighted by Gasteiger charge is 2.56. The van der Waals surface area contributed by atoms with E-state index in [1.807, 2.05) is 0 Å². The maximum atomic E-state index is 14.1. The van der Waals surface area contributed by atoms with Crippen molar-refractivity contribution in [2.24, 2.45) is 0 Å². The molecule has 49 heavy (non-hydrogen) atoms. The van der Waals surface area contributed by atoms with Crippen molar-refractivity contribution < 1.29 is 65.8 Å². The van der Waals surface area contributed by atoms with E-state index < -0.39 is 96.4 Å². The van der Waals surface area contributed by atoms with Crippen molar-refractivity contribution in [2.75, 3.05) is 39.2 Å². The molecule has 1 saturated heterocycles. The van der Waals surface area contributed by atoms with E-state index in [9.17, 15) is 65.8 Å². The number of hydrogen-bond acceptors (Lipinski definition) is 7. The monoisotopic (exact) mass is 777 g/mol. The summed E-state index contributed by atoms with van der Waals surface area (Å²) in [5, 5.41) is 0. The number of imide groups is 1. The van der Waals surface area contributed by atoms with Crippen molar-refractivity contribution in [1.82, 2.24) is 4.90 Å². The Balaban J connectivity index is 1.94. The average molecular weight is 778 g/mol. The third kappa shape index (κ3) is 11.0. The number of carbonyl (C=O) groups excluding carboxylic acids is 2. The van der Waals surface area contributed by atoms with E-state index in [1.165, 1.54) is 18.7 Å². The van der Waals surface area contributed by atoms with Crippen molar-refractivity contribution in [2.45, 2.75) is 95.4 Å². The lowest BCUT2D eigenvalue weighted by atomic mass is 10.0. The Morgan fingerprint density at radius 2 is 1.27 bits per heavy atom. The molecule has 1 aliphatic rings. The average Bonchev–Trinajstić information content (AvgIpc) is 3.08. The summed E-state index contributed by atoms with van der Waals surface area (Å²) in [6, 6.07) is 0.837. The molecule has 0 spiro atoms. The van der Waals surface area contributed by atoms with Gasteiger partial charge in [0, 0.05) is 35.3 Å². The second-order valence-electron chi connectivity index (χ2n) is 12.2. The molecule has 0 saturated carbocycles. The maximum Gasteiger partial charge on any atom is 0.453 e. The first-order valence-corrected chi connectivity index (χ1v) is 20.2. The van der Waals surface area contributed by atoms with Crippen LogP contribution in [0, 0.1) is 0 Å². The van der Waals surface area contributed by atoms with Crippen LogP contribution in [0.2, 0.25) is 0 Å². The van der Waals surface area contributed by atoms with Crippen LogP contribution in [0.3, 0.4) is 0 Å². The van der Waals surface area contributed by atoms with Gasteiger partial charge in [0.15, 0.2) is 0 Å². The molecule has 0 aliphatic carbocycles. The lowest BCUT2D eigenvalue weighted by Crippen LogP contribution is -2.44. The van der Waals surface area contributed by atoms with Gasteiger partial charge in [0.1, 0.15) is 5.54 Å². The quantitative estimate of drug-likeness (QED) is 0.0954. The normalized spacial score (nSPS) is 16.8. The Hall–Kier alpha value is -2.55. The predicted octanol–water partition coefficient (Wildman–Crippen LogP) is 6.44. The molecule has 2 rings (SSSR count). The van der Waals surface area contributed by atoms with Crippen LogP contribution in [0.15, 0.2) is 18.2 Å². The van der Waals surface area contributed by atoms with E-state index in [4.69, 9.17) is 0 Å². The lowest BCUT2D eigenvalue weighted by molar-refractivity contribution is -0.284. The van der Waals surface area contributed by atoms with E-state index in [-0.39, 0.29) is 21.8 Å². The topological polar surface area (TPSA) is 129 Å². The SMILES string of the molecule is CC1(C)C(=O)N(c2ccc(N(S(C)(=O)=O)S(C)(=O)=O)c(C(F)(F)F)c2)C(=O)N1CCCCCCCCCS(=O)CCCC(F)(F)C(F)(F)F. The Morgan fingerprint density at radius 3 is 1.76 bits per heavy atom. The molecular formula is C28H39F8N3O7S3. The van der Waals surface area contributed by atoms with Crippen molar-refractivity contribution in [3.8, 4) is 0 Å². The molecule has 1 unspecified atom stereocenters. The highest BCUT2D eigenvalue weighted by Crippen LogP contribution is 2.42. The van der Waals surface area contributed by atoms with Crippen molar-refractivity contribution >= 4 is 54.2 Å². The number of nitrogens with zero attached hydrogens (tertiary/aromatic N) is 3. The summed E-state index contributed by atoms with van der Waals surface area (Å²) >= 11 is 0. The van der Waals surface area contributed by atoms with Crippen LogP contribution >= 0.6 is 0 Å². The van der Waals surface area contributed by atoms with Crippen molar-refractivity contribution in [3.05, 3.63) is 23.8 Å². The summed E-state index contributed by atoms with van der Waals surface area (Å²) in [5.74, 6) is -5.74. The van der Waals surface area contributed by atoms with Crippen molar-refractivity contribution in [3.63, 3.8) is 0 Å². The molecular weight excluding hydrogens is 739 g/mol. The number of alkyl halides is 8. The minimum absolute atomic E-state index is 0.0700. The van der Waals surface area contributed by atoms with Gasteiger partial charge in [-0.3, -0.25) is 9.00 Å². The van der Waals surface area contributed by atoms with Gasteiger partial charge in [-0.15, -0.1) is 0 Å². The van der Waals surface area contributed by atoms with Crippen LogP contribution in [0.5, 0.6) is 0 Å². The number of anilines is 2. The first-order valence-electron chi connectivity index (χ1n) is 15.0.